The Balaban J connectivity index is 1.64. The van der Waals surface area contributed by atoms with Gasteiger partial charge in [-0.1, -0.05) is 70.4 Å². The molecular formula is C19H29F. The van der Waals surface area contributed by atoms with Gasteiger partial charge in [-0.2, -0.15) is 0 Å². The Labute approximate surface area is 123 Å². The van der Waals surface area contributed by atoms with Gasteiger partial charge in [0.1, 0.15) is 5.82 Å². The van der Waals surface area contributed by atoms with E-state index >= 15 is 0 Å². The summed E-state index contributed by atoms with van der Waals surface area (Å²) in [6.45, 7) is 2.28. The van der Waals surface area contributed by atoms with E-state index < -0.39 is 0 Å². The number of halogens is 1. The predicted octanol–water partition coefficient (Wildman–Crippen LogP) is 6.15. The highest BCUT2D eigenvalue weighted by molar-refractivity contribution is 5.16. The van der Waals surface area contributed by atoms with Crippen molar-refractivity contribution in [3.63, 3.8) is 0 Å². The second kappa shape index (κ2) is 8.44. The Morgan fingerprint density at radius 2 is 1.70 bits per heavy atom. The fourth-order valence-corrected chi connectivity index (χ4v) is 3.56. The van der Waals surface area contributed by atoms with E-state index in [0.717, 1.165) is 23.8 Å². The zero-order chi connectivity index (χ0) is 14.2. The van der Waals surface area contributed by atoms with Crippen molar-refractivity contribution in [2.24, 2.45) is 11.8 Å². The third-order valence-electron chi connectivity index (χ3n) is 4.91. The molecule has 0 nitrogen and oxygen atoms in total. The average Bonchev–Trinajstić information content (AvgIpc) is 2.47. The molecule has 1 fully saturated rings. The summed E-state index contributed by atoms with van der Waals surface area (Å²) in [5, 5.41) is 0. The molecule has 0 aliphatic heterocycles. The second-order valence-electron chi connectivity index (χ2n) is 6.55. The topological polar surface area (TPSA) is 0 Å². The summed E-state index contributed by atoms with van der Waals surface area (Å²) in [4.78, 5) is 0. The summed E-state index contributed by atoms with van der Waals surface area (Å²) in [5.74, 6) is 1.77. The average molecular weight is 276 g/mol. The monoisotopic (exact) mass is 276 g/mol. The molecule has 112 valence electrons. The van der Waals surface area contributed by atoms with E-state index in [9.17, 15) is 4.39 Å². The molecule has 0 spiro atoms. The summed E-state index contributed by atoms with van der Waals surface area (Å²) in [5.41, 5.74) is 1.16. The van der Waals surface area contributed by atoms with Crippen LogP contribution in [0.25, 0.3) is 0 Å². The molecule has 1 heteroatoms. The molecule has 2 rings (SSSR count). The lowest BCUT2D eigenvalue weighted by molar-refractivity contribution is 0.249. The van der Waals surface area contributed by atoms with Crippen molar-refractivity contribution < 1.29 is 4.39 Å². The number of aryl methyl sites for hydroxylation is 1. The minimum atomic E-state index is -0.0952. The smallest absolute Gasteiger partial charge is 0.123 e. The number of hydrogen-bond donors (Lipinski definition) is 0. The van der Waals surface area contributed by atoms with Gasteiger partial charge in [0.2, 0.25) is 0 Å². The molecule has 0 N–H and O–H groups in total. The Morgan fingerprint density at radius 3 is 2.35 bits per heavy atom. The van der Waals surface area contributed by atoms with Gasteiger partial charge in [0, 0.05) is 0 Å². The van der Waals surface area contributed by atoms with Gasteiger partial charge in [-0.3, -0.25) is 0 Å². The third-order valence-corrected chi connectivity index (χ3v) is 4.91. The van der Waals surface area contributed by atoms with Crippen molar-refractivity contribution >= 4 is 0 Å². The first-order valence-corrected chi connectivity index (χ1v) is 8.52. The van der Waals surface area contributed by atoms with Crippen LogP contribution in [0.1, 0.15) is 70.3 Å². The fourth-order valence-electron chi connectivity index (χ4n) is 3.56. The lowest BCUT2D eigenvalue weighted by Crippen LogP contribution is -2.15. The van der Waals surface area contributed by atoms with E-state index in [1.54, 1.807) is 6.07 Å². The standard InChI is InChI=1S/C19H29F/c1-2-3-4-6-16-9-11-17(12-10-16)13-14-18-7-5-8-19(20)15-18/h5,7-8,15-17H,2-4,6,9-14H2,1H3. The number of benzene rings is 1. The molecule has 0 bridgehead atoms. The highest BCUT2D eigenvalue weighted by Crippen LogP contribution is 2.34. The Hall–Kier alpha value is -0.850. The molecule has 0 unspecified atom stereocenters. The zero-order valence-electron chi connectivity index (χ0n) is 12.9. The quantitative estimate of drug-likeness (QED) is 0.524. The lowest BCUT2D eigenvalue weighted by Gasteiger charge is -2.28. The fraction of sp³-hybridized carbons (Fsp3) is 0.684. The van der Waals surface area contributed by atoms with E-state index in [1.165, 1.54) is 63.9 Å². The molecule has 1 aliphatic rings. The Morgan fingerprint density at radius 1 is 1.00 bits per heavy atom. The van der Waals surface area contributed by atoms with E-state index in [1.807, 2.05) is 6.07 Å². The van der Waals surface area contributed by atoms with Gasteiger partial charge in [0.25, 0.3) is 0 Å². The molecule has 20 heavy (non-hydrogen) atoms. The Kier molecular flexibility index (Phi) is 6.56. The van der Waals surface area contributed by atoms with Crippen LogP contribution in [-0.2, 0) is 6.42 Å². The van der Waals surface area contributed by atoms with Crippen LogP contribution >= 0.6 is 0 Å². The van der Waals surface area contributed by atoms with Crippen LogP contribution in [0.4, 0.5) is 4.39 Å². The highest BCUT2D eigenvalue weighted by Gasteiger charge is 2.20. The normalized spacial score (nSPS) is 22.9. The van der Waals surface area contributed by atoms with Crippen LogP contribution in [0.2, 0.25) is 0 Å². The zero-order valence-corrected chi connectivity index (χ0v) is 12.9. The molecule has 0 atom stereocenters. The van der Waals surface area contributed by atoms with Crippen molar-refractivity contribution in [3.05, 3.63) is 35.6 Å². The molecule has 1 aromatic rings. The molecule has 0 amide bonds. The first kappa shape index (κ1) is 15.5. The van der Waals surface area contributed by atoms with Gasteiger partial charge >= 0.3 is 0 Å². The van der Waals surface area contributed by atoms with Crippen LogP contribution in [0.15, 0.2) is 24.3 Å². The molecular weight excluding hydrogens is 247 g/mol. The predicted molar refractivity (Wildman–Crippen MR) is 84.3 cm³/mol. The van der Waals surface area contributed by atoms with Crippen molar-refractivity contribution in [3.8, 4) is 0 Å². The minimum Gasteiger partial charge on any atom is -0.207 e. The Bertz CT molecular complexity index is 377. The molecule has 1 aliphatic carbocycles. The van der Waals surface area contributed by atoms with Crippen LogP contribution in [0.5, 0.6) is 0 Å². The van der Waals surface area contributed by atoms with Gasteiger partial charge in [0.15, 0.2) is 0 Å². The number of rotatable bonds is 7. The maximum Gasteiger partial charge on any atom is 0.123 e. The molecule has 1 saturated carbocycles. The summed E-state index contributed by atoms with van der Waals surface area (Å²) < 4.78 is 13.1. The minimum absolute atomic E-state index is 0.0952. The molecule has 0 heterocycles. The van der Waals surface area contributed by atoms with Gasteiger partial charge in [-0.15, -0.1) is 0 Å². The third kappa shape index (κ3) is 5.26. The van der Waals surface area contributed by atoms with Gasteiger partial charge in [-0.05, 0) is 42.4 Å². The summed E-state index contributed by atoms with van der Waals surface area (Å²) in [6, 6.07) is 7.11. The van der Waals surface area contributed by atoms with Crippen molar-refractivity contribution in [2.45, 2.75) is 71.1 Å². The molecule has 0 aromatic heterocycles. The highest BCUT2D eigenvalue weighted by atomic mass is 19.1. The number of unbranched alkanes of at least 4 members (excludes halogenated alkanes) is 2. The van der Waals surface area contributed by atoms with Gasteiger partial charge < -0.3 is 0 Å². The van der Waals surface area contributed by atoms with Crippen molar-refractivity contribution in [1.82, 2.24) is 0 Å². The SMILES string of the molecule is CCCCCC1CCC(CCc2cccc(F)c2)CC1. The summed E-state index contributed by atoms with van der Waals surface area (Å²) in [6.07, 6.45) is 13.5. The maximum atomic E-state index is 13.1. The first-order chi connectivity index (χ1) is 9.78. The second-order valence-corrected chi connectivity index (χ2v) is 6.55. The van der Waals surface area contributed by atoms with E-state index in [0.29, 0.717) is 0 Å². The van der Waals surface area contributed by atoms with Gasteiger partial charge in [-0.25, -0.2) is 4.39 Å². The summed E-state index contributed by atoms with van der Waals surface area (Å²) >= 11 is 0. The first-order valence-electron chi connectivity index (χ1n) is 8.52. The molecule has 1 aromatic carbocycles. The molecule has 0 saturated heterocycles. The van der Waals surface area contributed by atoms with Crippen molar-refractivity contribution in [2.75, 3.05) is 0 Å². The largest absolute Gasteiger partial charge is 0.207 e. The van der Waals surface area contributed by atoms with E-state index in [4.69, 9.17) is 0 Å². The maximum absolute atomic E-state index is 13.1. The van der Waals surface area contributed by atoms with Crippen LogP contribution in [0, 0.1) is 17.7 Å². The summed E-state index contributed by atoms with van der Waals surface area (Å²) in [7, 11) is 0. The van der Waals surface area contributed by atoms with Crippen LogP contribution < -0.4 is 0 Å². The van der Waals surface area contributed by atoms with Crippen LogP contribution in [-0.4, -0.2) is 0 Å². The van der Waals surface area contributed by atoms with Gasteiger partial charge in [0.05, 0.1) is 0 Å². The van der Waals surface area contributed by atoms with Crippen LogP contribution in [0.3, 0.4) is 0 Å². The van der Waals surface area contributed by atoms with E-state index in [-0.39, 0.29) is 5.82 Å². The van der Waals surface area contributed by atoms with Crippen molar-refractivity contribution in [1.29, 1.82) is 0 Å². The lowest BCUT2D eigenvalue weighted by atomic mass is 9.78. The molecule has 0 radical (unpaired) electrons. The van der Waals surface area contributed by atoms with E-state index in [2.05, 4.69) is 13.0 Å². The number of hydrogen-bond acceptors (Lipinski definition) is 0.